The number of aromatic amines is 1. The zero-order valence-electron chi connectivity index (χ0n) is 17.7. The summed E-state index contributed by atoms with van der Waals surface area (Å²) in [4.78, 5) is 58.2. The SMILES string of the molecule is Cc1cn([C@H]2C[C@H](O)[C@@H](COC(=O)OCCc3c([N+](=O)[O-])cccc3[N+](=O)[O-])O2)c(=O)[nH]c1=O. The van der Waals surface area contributed by atoms with Gasteiger partial charge in [-0.25, -0.2) is 9.59 Å². The highest BCUT2D eigenvalue weighted by atomic mass is 16.7. The molecule has 0 bridgehead atoms. The number of nitrogens with zero attached hydrogens (tertiary/aromatic N) is 3. The predicted octanol–water partition coefficient (Wildman–Crippen LogP) is 0.706. The van der Waals surface area contributed by atoms with Crippen LogP contribution in [-0.4, -0.2) is 56.1 Å². The van der Waals surface area contributed by atoms with Gasteiger partial charge in [0, 0.05) is 36.7 Å². The van der Waals surface area contributed by atoms with Crippen molar-refractivity contribution in [2.45, 2.75) is 38.2 Å². The molecule has 2 N–H and O–H groups in total. The number of hydrogen-bond donors (Lipinski definition) is 2. The summed E-state index contributed by atoms with van der Waals surface area (Å²) in [5, 5.41) is 32.4. The van der Waals surface area contributed by atoms with Crippen LogP contribution in [-0.2, 0) is 20.6 Å². The molecule has 2 aromatic rings. The molecule has 34 heavy (non-hydrogen) atoms. The molecule has 3 rings (SSSR count). The van der Waals surface area contributed by atoms with E-state index in [1.807, 2.05) is 0 Å². The second kappa shape index (κ2) is 10.2. The lowest BCUT2D eigenvalue weighted by atomic mass is 10.1. The van der Waals surface area contributed by atoms with Crippen molar-refractivity contribution in [2.24, 2.45) is 0 Å². The Kier molecular flexibility index (Phi) is 7.37. The number of nitro benzene ring substituents is 2. The fourth-order valence-electron chi connectivity index (χ4n) is 3.43. The van der Waals surface area contributed by atoms with Crippen molar-refractivity contribution in [1.82, 2.24) is 9.55 Å². The standard InChI is InChI=1S/C19H20N4O11/c1-10-8-21(18(26)20-17(10)25)16-7-14(24)15(34-16)9-33-19(27)32-6-5-11-12(22(28)29)3-2-4-13(11)23(30)31/h2-4,8,14-16,24H,5-7,9H2,1H3,(H,20,25,26)/t14-,15+,16+/m0/s1. The van der Waals surface area contributed by atoms with Gasteiger partial charge in [-0.15, -0.1) is 0 Å². The lowest BCUT2D eigenvalue weighted by Crippen LogP contribution is -2.33. The number of aromatic nitrogens is 2. The average Bonchev–Trinajstić information content (AvgIpc) is 3.14. The van der Waals surface area contributed by atoms with Gasteiger partial charge in [0.2, 0.25) is 0 Å². The van der Waals surface area contributed by atoms with Crippen LogP contribution >= 0.6 is 0 Å². The minimum absolute atomic E-state index is 0.00416. The lowest BCUT2D eigenvalue weighted by Gasteiger charge is -2.16. The Hall–Kier alpha value is -4.11. The molecule has 1 aromatic carbocycles. The maximum absolute atomic E-state index is 12.0. The second-order valence-corrected chi connectivity index (χ2v) is 7.36. The van der Waals surface area contributed by atoms with Crippen LogP contribution in [0.2, 0.25) is 0 Å². The Balaban J connectivity index is 1.54. The number of benzene rings is 1. The molecule has 1 saturated heterocycles. The molecule has 0 aliphatic carbocycles. The molecule has 1 aliphatic rings. The summed E-state index contributed by atoms with van der Waals surface area (Å²) in [5.74, 6) is 0. The van der Waals surface area contributed by atoms with Gasteiger partial charge in [-0.05, 0) is 13.0 Å². The molecule has 15 heteroatoms. The Labute approximate surface area is 189 Å². The van der Waals surface area contributed by atoms with Crippen LogP contribution in [0.1, 0.15) is 23.8 Å². The first-order valence-electron chi connectivity index (χ1n) is 9.94. The van der Waals surface area contributed by atoms with Crippen LogP contribution in [0.15, 0.2) is 34.0 Å². The van der Waals surface area contributed by atoms with E-state index in [-0.39, 0.29) is 24.0 Å². The quantitative estimate of drug-likeness (QED) is 0.305. The summed E-state index contributed by atoms with van der Waals surface area (Å²) < 4.78 is 16.4. The Bertz CT molecular complexity index is 1190. The number of hydrogen-bond acceptors (Lipinski definition) is 11. The van der Waals surface area contributed by atoms with E-state index in [0.717, 1.165) is 16.7 Å². The van der Waals surface area contributed by atoms with Crippen molar-refractivity contribution in [3.8, 4) is 0 Å². The Morgan fingerprint density at radius 1 is 1.24 bits per heavy atom. The molecule has 0 spiro atoms. The molecule has 0 radical (unpaired) electrons. The third-order valence-electron chi connectivity index (χ3n) is 5.12. The first-order chi connectivity index (χ1) is 16.1. The lowest BCUT2D eigenvalue weighted by molar-refractivity contribution is -0.395. The van der Waals surface area contributed by atoms with Crippen molar-refractivity contribution in [1.29, 1.82) is 0 Å². The van der Waals surface area contributed by atoms with E-state index in [1.165, 1.54) is 19.2 Å². The Morgan fingerprint density at radius 3 is 2.50 bits per heavy atom. The van der Waals surface area contributed by atoms with Crippen LogP contribution in [0.4, 0.5) is 16.2 Å². The number of ether oxygens (including phenoxy) is 3. The molecule has 0 amide bonds. The molecule has 1 fully saturated rings. The molecule has 15 nitrogen and oxygen atoms in total. The third kappa shape index (κ3) is 5.44. The molecule has 182 valence electrons. The minimum atomic E-state index is -1.18. The molecule has 2 heterocycles. The predicted molar refractivity (Wildman–Crippen MR) is 111 cm³/mol. The zero-order chi connectivity index (χ0) is 25.0. The molecule has 1 aliphatic heterocycles. The van der Waals surface area contributed by atoms with E-state index in [1.54, 1.807) is 0 Å². The van der Waals surface area contributed by atoms with Crippen molar-refractivity contribution < 1.29 is 34.0 Å². The van der Waals surface area contributed by atoms with Crippen molar-refractivity contribution >= 4 is 17.5 Å². The summed E-state index contributed by atoms with van der Waals surface area (Å²) >= 11 is 0. The van der Waals surface area contributed by atoms with Crippen LogP contribution in [0.5, 0.6) is 0 Å². The minimum Gasteiger partial charge on any atom is -0.434 e. The monoisotopic (exact) mass is 480 g/mol. The van der Waals surface area contributed by atoms with Gasteiger partial charge in [0.25, 0.3) is 16.9 Å². The van der Waals surface area contributed by atoms with Crippen molar-refractivity contribution in [3.05, 3.63) is 76.6 Å². The van der Waals surface area contributed by atoms with Gasteiger partial charge in [-0.2, -0.15) is 0 Å². The van der Waals surface area contributed by atoms with Gasteiger partial charge in [0.15, 0.2) is 0 Å². The zero-order valence-corrected chi connectivity index (χ0v) is 17.7. The number of nitro groups is 2. The van der Waals surface area contributed by atoms with Gasteiger partial charge in [0.05, 0.1) is 22.6 Å². The third-order valence-corrected chi connectivity index (χ3v) is 5.12. The summed E-state index contributed by atoms with van der Waals surface area (Å²) in [6.45, 7) is 0.627. The van der Waals surface area contributed by atoms with Gasteiger partial charge in [-0.3, -0.25) is 34.6 Å². The molecular weight excluding hydrogens is 460 g/mol. The number of aliphatic hydroxyl groups excluding tert-OH is 1. The van der Waals surface area contributed by atoms with Crippen LogP contribution in [0.3, 0.4) is 0 Å². The molecule has 1 aromatic heterocycles. The smallest absolute Gasteiger partial charge is 0.434 e. The fraction of sp³-hybridized carbons (Fsp3) is 0.421. The van der Waals surface area contributed by atoms with Gasteiger partial charge in [-0.1, -0.05) is 0 Å². The molecular formula is C19H20N4O11. The summed E-state index contributed by atoms with van der Waals surface area (Å²) in [6, 6.07) is 3.38. The number of carbonyl (C=O) groups excluding carboxylic acids is 1. The van der Waals surface area contributed by atoms with Crippen LogP contribution < -0.4 is 11.2 Å². The number of rotatable bonds is 8. The highest BCUT2D eigenvalue weighted by molar-refractivity contribution is 5.60. The van der Waals surface area contributed by atoms with Crippen LogP contribution in [0.25, 0.3) is 0 Å². The number of carbonyl (C=O) groups is 1. The first kappa shape index (κ1) is 24.5. The Morgan fingerprint density at radius 2 is 1.88 bits per heavy atom. The van der Waals surface area contributed by atoms with Crippen molar-refractivity contribution in [3.63, 3.8) is 0 Å². The van der Waals surface area contributed by atoms with Crippen LogP contribution in [0, 0.1) is 27.2 Å². The number of aryl methyl sites for hydroxylation is 1. The maximum atomic E-state index is 12.0. The van der Waals surface area contributed by atoms with Gasteiger partial charge < -0.3 is 19.3 Å². The molecule has 0 saturated carbocycles. The first-order valence-corrected chi connectivity index (χ1v) is 9.94. The van der Waals surface area contributed by atoms with Gasteiger partial charge in [0.1, 0.15) is 24.5 Å². The number of H-pyrrole nitrogens is 1. The summed E-state index contributed by atoms with van der Waals surface area (Å²) in [5.41, 5.74) is -2.17. The summed E-state index contributed by atoms with van der Waals surface area (Å²) in [7, 11) is 0. The highest BCUT2D eigenvalue weighted by Crippen LogP contribution is 2.29. The molecule has 0 unspecified atom stereocenters. The van der Waals surface area contributed by atoms with E-state index in [9.17, 15) is 39.7 Å². The van der Waals surface area contributed by atoms with E-state index in [4.69, 9.17) is 14.2 Å². The highest BCUT2D eigenvalue weighted by Gasteiger charge is 2.36. The van der Waals surface area contributed by atoms with Crippen molar-refractivity contribution in [2.75, 3.05) is 13.2 Å². The summed E-state index contributed by atoms with van der Waals surface area (Å²) in [6.07, 6.45) is -3.19. The number of aliphatic hydroxyl groups is 1. The van der Waals surface area contributed by atoms with E-state index in [2.05, 4.69) is 4.98 Å². The maximum Gasteiger partial charge on any atom is 0.508 e. The second-order valence-electron chi connectivity index (χ2n) is 7.36. The molecule has 3 atom stereocenters. The number of nitrogens with one attached hydrogen (secondary N) is 1. The van der Waals surface area contributed by atoms with E-state index < -0.39 is 70.3 Å². The van der Waals surface area contributed by atoms with E-state index >= 15 is 0 Å². The van der Waals surface area contributed by atoms with Gasteiger partial charge >= 0.3 is 11.8 Å². The largest absolute Gasteiger partial charge is 0.508 e. The fourth-order valence-corrected chi connectivity index (χ4v) is 3.43. The normalized spacial score (nSPS) is 19.5. The average molecular weight is 480 g/mol. The topological polar surface area (TPSA) is 206 Å². The van der Waals surface area contributed by atoms with E-state index in [0.29, 0.717) is 0 Å².